The molecule has 0 fully saturated rings. The average molecular weight is 680 g/mol. The first-order valence-corrected chi connectivity index (χ1v) is 16.8. The van der Waals surface area contributed by atoms with E-state index in [0.717, 1.165) is 22.8 Å². The molecule has 3 N–H and O–H groups in total. The molecular weight excluding hydrogens is 650 g/mol. The summed E-state index contributed by atoms with van der Waals surface area (Å²) >= 11 is 1.36. The maximum atomic E-state index is 15.1. The molecule has 0 spiro atoms. The monoisotopic (exact) mass is 679 g/mol. The van der Waals surface area contributed by atoms with Crippen LogP contribution >= 0.6 is 11.3 Å². The SMILES string of the molecule is COCCN(C(=O)O)C(C)c1ccc(-c2cc3nccc(Oc4ccc(NC(=O)Nc5cccc(S(C)(=O)=O)c5)cc4F)c3s2)nc1. The number of carbonyl (C=O) groups is 2. The number of ether oxygens (including phenoxy) is 2. The zero-order valence-electron chi connectivity index (χ0n) is 25.4. The standard InChI is InChI=1S/C32H30FN5O7S2/c1-19(38(32(40)41)13-14-44-2)20-7-9-25(35-18-20)29-17-26-30(46-29)28(11-12-34-26)45-27-10-8-22(16-24(27)33)37-31(39)36-21-5-4-6-23(15-21)47(3,42)43/h4-12,15-19H,13-14H2,1-3H3,(H,40,41)(H2,36,37,39). The Morgan fingerprint density at radius 2 is 1.79 bits per heavy atom. The van der Waals surface area contributed by atoms with Crippen molar-refractivity contribution in [3.05, 3.63) is 90.5 Å². The molecular formula is C32H30FN5O7S2. The number of urea groups is 1. The molecule has 244 valence electrons. The Morgan fingerprint density at radius 3 is 2.45 bits per heavy atom. The lowest BCUT2D eigenvalue weighted by molar-refractivity contribution is 0.101. The van der Waals surface area contributed by atoms with E-state index < -0.39 is 33.8 Å². The first-order valence-electron chi connectivity index (χ1n) is 14.1. The van der Waals surface area contributed by atoms with Gasteiger partial charge in [0.25, 0.3) is 0 Å². The van der Waals surface area contributed by atoms with Gasteiger partial charge in [0.15, 0.2) is 21.4 Å². The summed E-state index contributed by atoms with van der Waals surface area (Å²) in [4.78, 5) is 35.3. The molecule has 3 amide bonds. The van der Waals surface area contributed by atoms with Gasteiger partial charge in [-0.3, -0.25) is 14.9 Å². The molecule has 0 bridgehead atoms. The van der Waals surface area contributed by atoms with E-state index in [0.29, 0.717) is 21.7 Å². The van der Waals surface area contributed by atoms with Crippen LogP contribution in [-0.2, 0) is 14.6 Å². The van der Waals surface area contributed by atoms with Crippen molar-refractivity contribution in [2.75, 3.05) is 37.2 Å². The number of amides is 3. The van der Waals surface area contributed by atoms with Gasteiger partial charge in [-0.05, 0) is 55.0 Å². The number of sulfone groups is 1. The number of nitrogens with zero attached hydrogens (tertiary/aromatic N) is 3. The molecule has 15 heteroatoms. The maximum absolute atomic E-state index is 15.1. The van der Waals surface area contributed by atoms with Gasteiger partial charge < -0.3 is 25.2 Å². The number of anilines is 2. The molecule has 3 aromatic heterocycles. The van der Waals surface area contributed by atoms with Crippen LogP contribution < -0.4 is 15.4 Å². The highest BCUT2D eigenvalue weighted by molar-refractivity contribution is 7.90. The number of benzene rings is 2. The van der Waals surface area contributed by atoms with E-state index in [-0.39, 0.29) is 35.2 Å². The summed E-state index contributed by atoms with van der Waals surface area (Å²) in [5.74, 6) is -0.432. The van der Waals surface area contributed by atoms with Gasteiger partial charge in [0.2, 0.25) is 0 Å². The van der Waals surface area contributed by atoms with Crippen molar-refractivity contribution in [3.63, 3.8) is 0 Å². The number of thiophene rings is 1. The second kappa shape index (κ2) is 14.1. The minimum absolute atomic E-state index is 0.0492. The van der Waals surface area contributed by atoms with Crippen LogP contribution in [0.15, 0.2) is 84.0 Å². The van der Waals surface area contributed by atoms with E-state index in [9.17, 15) is 23.1 Å². The number of aromatic nitrogens is 2. The second-order valence-electron chi connectivity index (χ2n) is 10.4. The largest absolute Gasteiger partial charge is 0.465 e. The third-order valence-electron chi connectivity index (χ3n) is 7.08. The summed E-state index contributed by atoms with van der Waals surface area (Å²) in [6, 6.07) is 15.7. The van der Waals surface area contributed by atoms with Gasteiger partial charge in [-0.15, -0.1) is 11.3 Å². The van der Waals surface area contributed by atoms with Gasteiger partial charge in [-0.25, -0.2) is 22.4 Å². The van der Waals surface area contributed by atoms with E-state index in [1.165, 1.54) is 59.7 Å². The molecule has 47 heavy (non-hydrogen) atoms. The van der Waals surface area contributed by atoms with E-state index in [4.69, 9.17) is 9.47 Å². The van der Waals surface area contributed by atoms with Gasteiger partial charge in [-0.2, -0.15) is 0 Å². The van der Waals surface area contributed by atoms with Crippen molar-refractivity contribution in [2.45, 2.75) is 17.9 Å². The summed E-state index contributed by atoms with van der Waals surface area (Å²) in [6.07, 6.45) is 3.19. The van der Waals surface area contributed by atoms with E-state index in [2.05, 4.69) is 20.6 Å². The van der Waals surface area contributed by atoms with Gasteiger partial charge in [0.05, 0.1) is 38.3 Å². The van der Waals surface area contributed by atoms with Crippen LogP contribution in [0.5, 0.6) is 11.5 Å². The van der Waals surface area contributed by atoms with Crippen LogP contribution in [0.4, 0.5) is 25.4 Å². The molecule has 1 atom stereocenters. The molecule has 3 heterocycles. The molecule has 0 saturated carbocycles. The maximum Gasteiger partial charge on any atom is 0.407 e. The van der Waals surface area contributed by atoms with Crippen LogP contribution in [0.3, 0.4) is 0 Å². The normalized spacial score (nSPS) is 12.0. The Hall–Kier alpha value is -5.12. The Morgan fingerprint density at radius 1 is 1.02 bits per heavy atom. The van der Waals surface area contributed by atoms with E-state index >= 15 is 4.39 Å². The fraction of sp³-hybridized carbons (Fsp3) is 0.188. The zero-order valence-corrected chi connectivity index (χ0v) is 27.1. The number of carboxylic acid groups (broad SMARTS) is 1. The van der Waals surface area contributed by atoms with Crippen molar-refractivity contribution >= 4 is 54.9 Å². The summed E-state index contributed by atoms with van der Waals surface area (Å²) in [5.41, 5.74) is 2.40. The smallest absolute Gasteiger partial charge is 0.407 e. The number of carbonyl (C=O) groups excluding carboxylic acids is 1. The third kappa shape index (κ3) is 8.00. The van der Waals surface area contributed by atoms with Crippen LogP contribution in [0.1, 0.15) is 18.5 Å². The van der Waals surface area contributed by atoms with Crippen LogP contribution in [0.2, 0.25) is 0 Å². The summed E-state index contributed by atoms with van der Waals surface area (Å²) in [6.45, 7) is 2.28. The number of hydrogen-bond donors (Lipinski definition) is 3. The minimum Gasteiger partial charge on any atom is -0.465 e. The van der Waals surface area contributed by atoms with Crippen LogP contribution in [0.25, 0.3) is 20.8 Å². The average Bonchev–Trinajstić information content (AvgIpc) is 3.47. The number of halogens is 1. The number of hydrogen-bond acceptors (Lipinski definition) is 9. The lowest BCUT2D eigenvalue weighted by Crippen LogP contribution is -2.35. The molecule has 2 aromatic carbocycles. The number of rotatable bonds is 11. The Bertz CT molecular complexity index is 2040. The number of nitrogens with one attached hydrogen (secondary N) is 2. The van der Waals surface area contributed by atoms with Gasteiger partial charge in [0.1, 0.15) is 5.75 Å². The van der Waals surface area contributed by atoms with Crippen molar-refractivity contribution in [3.8, 4) is 22.1 Å². The van der Waals surface area contributed by atoms with E-state index in [1.807, 2.05) is 12.1 Å². The van der Waals surface area contributed by atoms with Crippen LogP contribution in [0, 0.1) is 5.82 Å². The van der Waals surface area contributed by atoms with Gasteiger partial charge >= 0.3 is 12.1 Å². The highest BCUT2D eigenvalue weighted by atomic mass is 32.2. The Balaban J connectivity index is 1.28. The third-order valence-corrected chi connectivity index (χ3v) is 9.35. The van der Waals surface area contributed by atoms with Gasteiger partial charge in [-0.1, -0.05) is 12.1 Å². The van der Waals surface area contributed by atoms with Gasteiger partial charge in [0, 0.05) is 55.8 Å². The fourth-order valence-electron chi connectivity index (χ4n) is 4.62. The zero-order chi connectivity index (χ0) is 33.7. The quantitative estimate of drug-likeness (QED) is 0.133. The Kier molecular flexibility index (Phi) is 9.98. The lowest BCUT2D eigenvalue weighted by atomic mass is 10.1. The molecule has 1 unspecified atom stereocenters. The summed E-state index contributed by atoms with van der Waals surface area (Å²) in [5, 5.41) is 14.6. The topological polar surface area (TPSA) is 160 Å². The molecule has 12 nitrogen and oxygen atoms in total. The predicted octanol–water partition coefficient (Wildman–Crippen LogP) is 7.02. The number of methoxy groups -OCH3 is 1. The second-order valence-corrected chi connectivity index (χ2v) is 13.4. The lowest BCUT2D eigenvalue weighted by Gasteiger charge is -2.26. The molecule has 0 saturated heterocycles. The molecule has 5 aromatic rings. The highest BCUT2D eigenvalue weighted by Gasteiger charge is 2.21. The van der Waals surface area contributed by atoms with Crippen molar-refractivity contribution < 1.29 is 37.0 Å². The first kappa shape index (κ1) is 33.2. The number of fused-ring (bicyclic) bond motifs is 1. The predicted molar refractivity (Wildman–Crippen MR) is 177 cm³/mol. The Labute approximate surface area is 273 Å². The number of pyridine rings is 2. The van der Waals surface area contributed by atoms with E-state index in [1.54, 1.807) is 31.5 Å². The highest BCUT2D eigenvalue weighted by Crippen LogP contribution is 2.39. The summed E-state index contributed by atoms with van der Waals surface area (Å²) in [7, 11) is -1.94. The minimum atomic E-state index is -3.46. The van der Waals surface area contributed by atoms with Crippen molar-refractivity contribution in [1.82, 2.24) is 14.9 Å². The van der Waals surface area contributed by atoms with Crippen molar-refractivity contribution in [1.29, 1.82) is 0 Å². The molecule has 5 rings (SSSR count). The van der Waals surface area contributed by atoms with Crippen molar-refractivity contribution in [2.24, 2.45) is 0 Å². The molecule has 0 radical (unpaired) electrons. The summed E-state index contributed by atoms with van der Waals surface area (Å²) < 4.78 is 50.3. The molecule has 0 aliphatic rings. The fourth-order valence-corrected chi connectivity index (χ4v) is 6.33. The first-order chi connectivity index (χ1) is 22.4. The molecule has 0 aliphatic carbocycles. The van der Waals surface area contributed by atoms with Crippen LogP contribution in [-0.4, -0.2) is 67.0 Å². The molecule has 0 aliphatic heterocycles.